The van der Waals surface area contributed by atoms with Crippen molar-refractivity contribution in [2.75, 3.05) is 47.3 Å². The van der Waals surface area contributed by atoms with Gasteiger partial charge in [-0.25, -0.2) is 18.4 Å². The van der Waals surface area contributed by atoms with Crippen LogP contribution in [-0.4, -0.2) is 66.9 Å². The maximum Gasteiger partial charge on any atom is 0.227 e. The minimum absolute atomic E-state index is 0.0477. The zero-order valence-electron chi connectivity index (χ0n) is 23.6. The fourth-order valence-corrected chi connectivity index (χ4v) is 6.35. The van der Waals surface area contributed by atoms with Crippen molar-refractivity contribution in [3.05, 3.63) is 71.5 Å². The third-order valence-corrected chi connectivity index (χ3v) is 8.37. The first-order chi connectivity index (χ1) is 19.5. The van der Waals surface area contributed by atoms with Crippen LogP contribution < -0.4 is 15.1 Å². The number of aromatic hydroxyl groups is 1. The minimum Gasteiger partial charge on any atom is -0.507 e. The highest BCUT2D eigenvalue weighted by Gasteiger charge is 2.31. The SMILES string of the molecule is CC(C)c1ccc(N2CC(CS(C)(=O)=O)C2)c2cnc(Nc3ccnc(N(C)Cc4cccc(C=O)c4O)n3)cc12. The number of fused-ring (bicyclic) bond motifs is 1. The van der Waals surface area contributed by atoms with Crippen LogP contribution in [0.3, 0.4) is 0 Å². The Morgan fingerprint density at radius 1 is 1.12 bits per heavy atom. The first kappa shape index (κ1) is 28.3. The molecule has 3 heterocycles. The third kappa shape index (κ3) is 6.25. The van der Waals surface area contributed by atoms with Crippen molar-refractivity contribution in [1.29, 1.82) is 0 Å². The fraction of sp³-hybridized carbons (Fsp3) is 0.333. The first-order valence-electron chi connectivity index (χ1n) is 13.4. The molecule has 2 aromatic carbocycles. The first-order valence-corrected chi connectivity index (χ1v) is 15.5. The third-order valence-electron chi connectivity index (χ3n) is 7.30. The molecular weight excluding hydrogens is 540 g/mol. The normalized spacial score (nSPS) is 13.8. The van der Waals surface area contributed by atoms with Gasteiger partial charge in [-0.1, -0.05) is 32.0 Å². The lowest BCUT2D eigenvalue weighted by Gasteiger charge is -2.41. The molecule has 4 aromatic rings. The number of hydrogen-bond donors (Lipinski definition) is 2. The summed E-state index contributed by atoms with van der Waals surface area (Å²) in [6, 6.07) is 13.1. The molecule has 0 bridgehead atoms. The smallest absolute Gasteiger partial charge is 0.227 e. The highest BCUT2D eigenvalue weighted by Crippen LogP contribution is 2.37. The van der Waals surface area contributed by atoms with Crippen molar-refractivity contribution in [3.8, 4) is 5.75 Å². The number of hydrogen-bond acceptors (Lipinski definition) is 10. The predicted octanol–water partition coefficient (Wildman–Crippen LogP) is 4.53. The number of para-hydroxylation sites is 1. The van der Waals surface area contributed by atoms with Gasteiger partial charge in [0, 0.05) is 67.9 Å². The Labute approximate surface area is 240 Å². The van der Waals surface area contributed by atoms with Crippen LogP contribution in [0.25, 0.3) is 10.8 Å². The monoisotopic (exact) mass is 574 g/mol. The number of sulfone groups is 1. The van der Waals surface area contributed by atoms with Gasteiger partial charge < -0.3 is 20.2 Å². The van der Waals surface area contributed by atoms with Crippen molar-refractivity contribution >= 4 is 50.2 Å². The molecule has 11 heteroatoms. The zero-order chi connectivity index (χ0) is 29.3. The number of rotatable bonds is 10. The number of carbonyl (C=O) groups is 1. The van der Waals surface area contributed by atoms with E-state index in [-0.39, 0.29) is 23.0 Å². The number of nitrogens with one attached hydrogen (secondary N) is 1. The van der Waals surface area contributed by atoms with E-state index in [4.69, 9.17) is 0 Å². The molecule has 1 aliphatic heterocycles. The molecule has 5 rings (SSSR count). The van der Waals surface area contributed by atoms with E-state index in [2.05, 4.69) is 51.1 Å². The fourth-order valence-electron chi connectivity index (χ4n) is 5.29. The summed E-state index contributed by atoms with van der Waals surface area (Å²) in [5.41, 5.74) is 3.09. The molecule has 0 unspecified atom stereocenters. The van der Waals surface area contributed by atoms with Crippen molar-refractivity contribution in [2.45, 2.75) is 26.3 Å². The van der Waals surface area contributed by atoms with Gasteiger partial charge in [-0.05, 0) is 41.1 Å². The second kappa shape index (κ2) is 11.3. The summed E-state index contributed by atoms with van der Waals surface area (Å²) in [5.74, 6) is 2.24. The van der Waals surface area contributed by atoms with Crippen LogP contribution in [0.1, 0.15) is 41.3 Å². The van der Waals surface area contributed by atoms with Crippen molar-refractivity contribution in [2.24, 2.45) is 5.92 Å². The van der Waals surface area contributed by atoms with E-state index in [1.165, 1.54) is 11.8 Å². The number of carbonyl (C=O) groups excluding carboxylic acids is 1. The lowest BCUT2D eigenvalue weighted by atomic mass is 9.93. The van der Waals surface area contributed by atoms with Crippen LogP contribution in [-0.2, 0) is 16.4 Å². The molecule has 0 spiro atoms. The second-order valence-corrected chi connectivity index (χ2v) is 13.2. The number of anilines is 4. The Morgan fingerprint density at radius 3 is 2.61 bits per heavy atom. The molecule has 2 aromatic heterocycles. The van der Waals surface area contributed by atoms with E-state index >= 15 is 0 Å². The number of benzene rings is 2. The van der Waals surface area contributed by atoms with Crippen LogP contribution in [0.2, 0.25) is 0 Å². The van der Waals surface area contributed by atoms with E-state index in [1.54, 1.807) is 35.4 Å². The predicted molar refractivity (Wildman–Crippen MR) is 162 cm³/mol. The number of pyridine rings is 1. The highest BCUT2D eigenvalue weighted by molar-refractivity contribution is 7.90. The minimum atomic E-state index is -3.00. The van der Waals surface area contributed by atoms with E-state index in [0.717, 1.165) is 16.5 Å². The molecule has 0 atom stereocenters. The van der Waals surface area contributed by atoms with E-state index < -0.39 is 9.84 Å². The molecule has 0 aliphatic carbocycles. The summed E-state index contributed by atoms with van der Waals surface area (Å²) in [6.45, 7) is 6.04. The maximum atomic E-state index is 11.7. The van der Waals surface area contributed by atoms with Gasteiger partial charge >= 0.3 is 0 Å². The largest absolute Gasteiger partial charge is 0.507 e. The van der Waals surface area contributed by atoms with E-state index in [9.17, 15) is 18.3 Å². The van der Waals surface area contributed by atoms with Crippen LogP contribution >= 0.6 is 0 Å². The lowest BCUT2D eigenvalue weighted by Crippen LogP contribution is -2.49. The molecule has 1 fully saturated rings. The zero-order valence-corrected chi connectivity index (χ0v) is 24.4. The number of phenolic OH excluding ortho intramolecular Hbond substituents is 1. The van der Waals surface area contributed by atoms with Crippen LogP contribution in [0.4, 0.5) is 23.3 Å². The molecule has 0 radical (unpaired) electrons. The Hall–Kier alpha value is -4.25. The summed E-state index contributed by atoms with van der Waals surface area (Å²) in [7, 11) is -1.19. The molecule has 10 nitrogen and oxygen atoms in total. The molecule has 1 aliphatic rings. The van der Waals surface area contributed by atoms with Gasteiger partial charge in [0.2, 0.25) is 5.95 Å². The summed E-state index contributed by atoms with van der Waals surface area (Å²) < 4.78 is 23.4. The average Bonchev–Trinajstić information content (AvgIpc) is 2.90. The van der Waals surface area contributed by atoms with Crippen molar-refractivity contribution in [3.63, 3.8) is 0 Å². The van der Waals surface area contributed by atoms with Gasteiger partial charge in [-0.2, -0.15) is 4.98 Å². The maximum absolute atomic E-state index is 11.7. The van der Waals surface area contributed by atoms with Gasteiger partial charge in [0.15, 0.2) is 6.29 Å². The molecule has 41 heavy (non-hydrogen) atoms. The molecule has 1 saturated heterocycles. The van der Waals surface area contributed by atoms with E-state index in [0.29, 0.717) is 55.0 Å². The molecule has 2 N–H and O–H groups in total. The van der Waals surface area contributed by atoms with Crippen LogP contribution in [0, 0.1) is 5.92 Å². The Morgan fingerprint density at radius 2 is 1.90 bits per heavy atom. The van der Waals surface area contributed by atoms with Gasteiger partial charge in [0.25, 0.3) is 0 Å². The van der Waals surface area contributed by atoms with E-state index in [1.807, 2.05) is 19.3 Å². The molecule has 0 amide bonds. The Bertz CT molecular complexity index is 1700. The quantitative estimate of drug-likeness (QED) is 0.261. The number of aromatic nitrogens is 3. The van der Waals surface area contributed by atoms with Crippen LogP contribution in [0.15, 0.2) is 54.9 Å². The molecule has 0 saturated carbocycles. The summed E-state index contributed by atoms with van der Waals surface area (Å²) in [6.07, 6.45) is 5.43. The van der Waals surface area contributed by atoms with Gasteiger partial charge in [0.05, 0.1) is 11.3 Å². The average molecular weight is 575 g/mol. The van der Waals surface area contributed by atoms with Crippen LogP contribution in [0.5, 0.6) is 5.75 Å². The molecular formula is C30H34N6O4S. The number of nitrogens with zero attached hydrogens (tertiary/aromatic N) is 5. The summed E-state index contributed by atoms with van der Waals surface area (Å²) >= 11 is 0. The second-order valence-electron chi connectivity index (χ2n) is 11.0. The highest BCUT2D eigenvalue weighted by atomic mass is 32.2. The molecule has 214 valence electrons. The van der Waals surface area contributed by atoms with Gasteiger partial charge in [-0.3, -0.25) is 4.79 Å². The van der Waals surface area contributed by atoms with Gasteiger partial charge in [-0.15, -0.1) is 0 Å². The van der Waals surface area contributed by atoms with Crippen molar-refractivity contribution < 1.29 is 18.3 Å². The summed E-state index contributed by atoms with van der Waals surface area (Å²) in [4.78, 5) is 28.9. The Balaban J connectivity index is 1.37. The number of aldehydes is 1. The Kier molecular flexibility index (Phi) is 7.81. The number of phenols is 1. The van der Waals surface area contributed by atoms with Crippen molar-refractivity contribution in [1.82, 2.24) is 15.0 Å². The van der Waals surface area contributed by atoms with Gasteiger partial charge in [0.1, 0.15) is 27.2 Å². The summed E-state index contributed by atoms with van der Waals surface area (Å²) in [5, 5.41) is 15.8. The lowest BCUT2D eigenvalue weighted by molar-refractivity contribution is 0.112. The standard InChI is InChI=1S/C30H34N6O4S/c1-19(2)23-8-9-26(36-14-20(15-36)18-41(4,39)40)25-13-32-28(12-24(23)25)33-27-10-11-31-30(34-27)35(3)16-21-6-5-7-22(17-37)29(21)38/h5-13,17,19-20,38H,14-16,18H2,1-4H3,(H,31,32,33,34). The topological polar surface area (TPSA) is 129 Å².